The van der Waals surface area contributed by atoms with Crippen molar-refractivity contribution in [2.24, 2.45) is 10.2 Å². The van der Waals surface area contributed by atoms with Gasteiger partial charge >= 0.3 is 51.5 Å². The maximum absolute atomic E-state index is 12.7. The van der Waals surface area contributed by atoms with Crippen molar-refractivity contribution in [3.8, 4) is 5.75 Å². The molecule has 0 unspecified atom stereocenters. The summed E-state index contributed by atoms with van der Waals surface area (Å²) in [6.45, 7) is 0. The molecule has 4 aromatic rings. The zero-order valence-electron chi connectivity index (χ0n) is 16.6. The number of hydrogen-bond acceptors (Lipinski definition) is 7. The molecule has 0 aliphatic carbocycles. The number of carboxylic acid groups (broad SMARTS) is 1. The molecule has 4 rings (SSSR count). The summed E-state index contributed by atoms with van der Waals surface area (Å²) in [5.74, 6) is -3.01. The van der Waals surface area contributed by atoms with Gasteiger partial charge in [-0.3, -0.25) is 0 Å². The van der Waals surface area contributed by atoms with Gasteiger partial charge in [0.1, 0.15) is 0 Å². The molecule has 0 fully saturated rings. The molecule has 4 aromatic carbocycles. The summed E-state index contributed by atoms with van der Waals surface area (Å²) >= 11 is 0. The SMILES string of the molecule is O=C(O)c1cc2ccccc2c(N=Nc2ccc3ccccc3c2CS(=O)(=O)[O-])c1[O-].[Sr+2]. The van der Waals surface area contributed by atoms with E-state index in [2.05, 4.69) is 10.2 Å². The maximum atomic E-state index is 12.7. The largest absolute Gasteiger partial charge is 2.00 e. The molecule has 1 N–H and O–H groups in total. The van der Waals surface area contributed by atoms with E-state index >= 15 is 0 Å². The van der Waals surface area contributed by atoms with Crippen LogP contribution >= 0.6 is 0 Å². The minimum absolute atomic E-state index is 0. The molecule has 0 amide bonds. The van der Waals surface area contributed by atoms with Gasteiger partial charge in [-0.2, -0.15) is 10.2 Å². The molecule has 0 saturated carbocycles. The number of nitrogens with zero attached hydrogens (tertiary/aromatic N) is 2. The second-order valence-corrected chi connectivity index (χ2v) is 8.22. The number of rotatable bonds is 5. The van der Waals surface area contributed by atoms with Crippen molar-refractivity contribution in [3.63, 3.8) is 0 Å². The predicted molar refractivity (Wildman–Crippen MR) is 118 cm³/mol. The van der Waals surface area contributed by atoms with Crippen molar-refractivity contribution in [2.75, 3.05) is 0 Å². The van der Waals surface area contributed by atoms with E-state index < -0.39 is 33.2 Å². The van der Waals surface area contributed by atoms with Crippen LogP contribution in [0.5, 0.6) is 5.75 Å². The Bertz CT molecular complexity index is 1490. The van der Waals surface area contributed by atoms with Gasteiger partial charge in [0.25, 0.3) is 0 Å². The molecule has 0 heterocycles. The average molecular weight is 522 g/mol. The Hall–Kier alpha value is -2.34. The molecular formula is C22H14N2O6SSr. The molecule has 0 saturated heterocycles. The van der Waals surface area contributed by atoms with E-state index in [1.165, 1.54) is 12.1 Å². The van der Waals surface area contributed by atoms with Crippen LogP contribution in [-0.2, 0) is 15.9 Å². The van der Waals surface area contributed by atoms with Gasteiger partial charge in [0.2, 0.25) is 0 Å². The van der Waals surface area contributed by atoms with Gasteiger partial charge in [0, 0.05) is 10.9 Å². The predicted octanol–water partition coefficient (Wildman–Crippen LogP) is 3.84. The Balaban J connectivity index is 0.00000289. The fraction of sp³-hybridized carbons (Fsp3) is 0.0455. The molecule has 156 valence electrons. The van der Waals surface area contributed by atoms with E-state index in [0.717, 1.165) is 0 Å². The van der Waals surface area contributed by atoms with E-state index in [9.17, 15) is 28.0 Å². The molecule has 0 aliphatic heterocycles. The normalized spacial score (nSPS) is 11.7. The Kier molecular flexibility index (Phi) is 7.33. The molecule has 0 spiro atoms. The van der Waals surface area contributed by atoms with Gasteiger partial charge in [0.15, 0.2) is 0 Å². The summed E-state index contributed by atoms with van der Waals surface area (Å²) in [5, 5.41) is 32.2. The van der Waals surface area contributed by atoms with E-state index in [1.807, 2.05) is 0 Å². The summed E-state index contributed by atoms with van der Waals surface area (Å²) in [6, 6.07) is 18.0. The van der Waals surface area contributed by atoms with E-state index in [1.54, 1.807) is 54.6 Å². The van der Waals surface area contributed by atoms with Gasteiger partial charge in [-0.1, -0.05) is 60.3 Å². The first-order valence-electron chi connectivity index (χ1n) is 9.06. The van der Waals surface area contributed by atoms with Crippen LogP contribution in [0, 0.1) is 0 Å². The van der Waals surface area contributed by atoms with Crippen LogP contribution in [0.3, 0.4) is 0 Å². The van der Waals surface area contributed by atoms with Crippen molar-refractivity contribution in [1.29, 1.82) is 0 Å². The Morgan fingerprint density at radius 2 is 1.53 bits per heavy atom. The van der Waals surface area contributed by atoms with Gasteiger partial charge in [-0.25, -0.2) is 13.2 Å². The number of aromatic carboxylic acids is 1. The van der Waals surface area contributed by atoms with Crippen molar-refractivity contribution >= 4 is 94.5 Å². The minimum atomic E-state index is -4.63. The monoisotopic (exact) mass is 522 g/mol. The van der Waals surface area contributed by atoms with E-state index in [-0.39, 0.29) is 62.4 Å². The first-order valence-corrected chi connectivity index (χ1v) is 10.6. The average Bonchev–Trinajstić information content (AvgIpc) is 2.72. The summed E-state index contributed by atoms with van der Waals surface area (Å²) in [4.78, 5) is 11.5. The van der Waals surface area contributed by atoms with Gasteiger partial charge in [-0.05, 0) is 28.3 Å². The topological polar surface area (TPSA) is 142 Å². The summed E-state index contributed by atoms with van der Waals surface area (Å²) in [7, 11) is -4.63. The van der Waals surface area contributed by atoms with Crippen molar-refractivity contribution < 1.29 is 28.0 Å². The standard InChI is InChI=1S/C22H16N2O6S.Sr/c25-21-17(22(26)27)11-14-6-2-4-8-16(14)20(21)24-23-19-10-9-13-5-1-3-7-15(13)18(19)12-31(28,29)30;/h1-11,25H,12H2,(H,26,27)(H,28,29,30);/q;+2/p-2. The van der Waals surface area contributed by atoms with Gasteiger partial charge in [0.05, 0.1) is 32.8 Å². The second-order valence-electron chi connectivity index (χ2n) is 6.81. The number of fused-ring (bicyclic) bond motifs is 2. The number of carbonyl (C=O) groups is 1. The van der Waals surface area contributed by atoms with E-state index in [4.69, 9.17) is 0 Å². The fourth-order valence-electron chi connectivity index (χ4n) is 3.42. The third-order valence-corrected chi connectivity index (χ3v) is 5.44. The molecular weight excluding hydrogens is 508 g/mol. The molecule has 8 nitrogen and oxygen atoms in total. The Morgan fingerprint density at radius 3 is 2.19 bits per heavy atom. The van der Waals surface area contributed by atoms with Crippen molar-refractivity contribution in [1.82, 2.24) is 0 Å². The first-order chi connectivity index (χ1) is 14.7. The second kappa shape index (κ2) is 9.65. The van der Waals surface area contributed by atoms with E-state index in [0.29, 0.717) is 21.5 Å². The van der Waals surface area contributed by atoms with Crippen LogP contribution in [0.2, 0.25) is 0 Å². The first kappa shape index (κ1) is 24.3. The van der Waals surface area contributed by atoms with Crippen LogP contribution in [0.25, 0.3) is 21.5 Å². The van der Waals surface area contributed by atoms with Gasteiger partial charge < -0.3 is 14.8 Å². The molecule has 10 heteroatoms. The zero-order valence-corrected chi connectivity index (χ0v) is 20.8. The summed E-state index contributed by atoms with van der Waals surface area (Å²) < 4.78 is 34.4. The number of azo groups is 1. The third-order valence-electron chi connectivity index (χ3n) is 4.80. The maximum Gasteiger partial charge on any atom is 2.00 e. The van der Waals surface area contributed by atoms with Crippen LogP contribution in [0.4, 0.5) is 11.4 Å². The smallest absolute Gasteiger partial charge is 0.870 e. The Morgan fingerprint density at radius 1 is 0.906 bits per heavy atom. The quantitative estimate of drug-likeness (QED) is 0.240. The minimum Gasteiger partial charge on any atom is -0.870 e. The third kappa shape index (κ3) is 5.01. The summed E-state index contributed by atoms with van der Waals surface area (Å²) in [6.07, 6.45) is 0. The molecule has 0 aliphatic rings. The zero-order chi connectivity index (χ0) is 22.2. The number of carboxylic acids is 1. The van der Waals surface area contributed by atoms with Gasteiger partial charge in [-0.15, -0.1) is 0 Å². The van der Waals surface area contributed by atoms with Crippen LogP contribution in [0.1, 0.15) is 15.9 Å². The number of hydrogen-bond donors (Lipinski definition) is 1. The van der Waals surface area contributed by atoms with Crippen LogP contribution in [-0.4, -0.2) is 69.5 Å². The Labute approximate surface area is 220 Å². The van der Waals surface area contributed by atoms with Crippen LogP contribution in [0.15, 0.2) is 77.0 Å². The molecule has 32 heavy (non-hydrogen) atoms. The molecule has 0 bridgehead atoms. The summed E-state index contributed by atoms with van der Waals surface area (Å²) in [5.41, 5.74) is -0.376. The molecule has 0 radical (unpaired) electrons. The van der Waals surface area contributed by atoms with Crippen LogP contribution < -0.4 is 5.11 Å². The van der Waals surface area contributed by atoms with Crippen molar-refractivity contribution in [2.45, 2.75) is 5.75 Å². The fourth-order valence-corrected chi connectivity index (χ4v) is 4.07. The van der Waals surface area contributed by atoms with Crippen molar-refractivity contribution in [3.05, 3.63) is 77.9 Å². The molecule has 0 aromatic heterocycles. The molecule has 0 atom stereocenters. The number of benzene rings is 4.